The van der Waals surface area contributed by atoms with Crippen LogP contribution in [-0.2, 0) is 21.7 Å². The van der Waals surface area contributed by atoms with Crippen LogP contribution in [0.4, 0.5) is 4.79 Å². The first-order valence-electron chi connectivity index (χ1n) is 10.4. The molecule has 0 aromatic heterocycles. The minimum atomic E-state index is -1.22. The molecule has 2 aromatic rings. The third-order valence-corrected chi connectivity index (χ3v) is 6.50. The third kappa shape index (κ3) is 4.60. The summed E-state index contributed by atoms with van der Waals surface area (Å²) >= 11 is 12.0. The number of carbonyl (C=O) groups excluding carboxylic acids is 3. The van der Waals surface area contributed by atoms with E-state index in [4.69, 9.17) is 23.2 Å². The number of benzene rings is 2. The molecule has 4 amide bonds. The topological polar surface area (TPSA) is 73.0 Å². The van der Waals surface area contributed by atoms with E-state index >= 15 is 0 Å². The fraction of sp³-hybridized carbons (Fsp3) is 0.348. The van der Waals surface area contributed by atoms with Crippen molar-refractivity contribution in [2.24, 2.45) is 0 Å². The van der Waals surface area contributed by atoms with Crippen LogP contribution in [0, 0.1) is 0 Å². The number of carbonyl (C=O) groups is 3. The van der Waals surface area contributed by atoms with Gasteiger partial charge < -0.3 is 10.2 Å². The summed E-state index contributed by atoms with van der Waals surface area (Å²) in [6, 6.07) is 13.9. The van der Waals surface area contributed by atoms with Crippen molar-refractivity contribution in [1.29, 1.82) is 0 Å². The highest BCUT2D eigenvalue weighted by Gasteiger charge is 2.49. The molecular formula is C23H24Cl2N4O3. The van der Waals surface area contributed by atoms with Crippen molar-refractivity contribution in [3.8, 4) is 0 Å². The Hall–Kier alpha value is -2.61. The molecule has 1 atom stereocenters. The van der Waals surface area contributed by atoms with Crippen molar-refractivity contribution in [2.45, 2.75) is 19.0 Å². The summed E-state index contributed by atoms with van der Waals surface area (Å²) in [5, 5.41) is 3.96. The van der Waals surface area contributed by atoms with Gasteiger partial charge in [0, 0.05) is 42.8 Å². The van der Waals surface area contributed by atoms with Crippen LogP contribution in [0.3, 0.4) is 0 Å². The molecule has 4 rings (SSSR count). The summed E-state index contributed by atoms with van der Waals surface area (Å²) < 4.78 is 0. The maximum absolute atomic E-state index is 13.0. The lowest BCUT2D eigenvalue weighted by Crippen LogP contribution is -2.51. The Morgan fingerprint density at radius 1 is 1.00 bits per heavy atom. The fourth-order valence-electron chi connectivity index (χ4n) is 4.10. The quantitative estimate of drug-likeness (QED) is 0.675. The predicted octanol–water partition coefficient (Wildman–Crippen LogP) is 3.10. The lowest BCUT2D eigenvalue weighted by Gasteiger charge is -2.35. The van der Waals surface area contributed by atoms with E-state index in [1.54, 1.807) is 36.1 Å². The monoisotopic (exact) mass is 474 g/mol. The van der Waals surface area contributed by atoms with Crippen LogP contribution in [0.1, 0.15) is 18.1 Å². The molecule has 2 fully saturated rings. The lowest BCUT2D eigenvalue weighted by molar-refractivity contribution is -0.139. The molecule has 2 aliphatic heterocycles. The summed E-state index contributed by atoms with van der Waals surface area (Å²) in [7, 11) is 0. The first-order chi connectivity index (χ1) is 15.3. The summed E-state index contributed by atoms with van der Waals surface area (Å²) in [6.07, 6.45) is 0. The summed E-state index contributed by atoms with van der Waals surface area (Å²) in [4.78, 5) is 43.4. The van der Waals surface area contributed by atoms with Gasteiger partial charge >= 0.3 is 6.03 Å². The summed E-state index contributed by atoms with van der Waals surface area (Å²) in [5.74, 6) is -0.686. The van der Waals surface area contributed by atoms with Gasteiger partial charge in [-0.15, -0.1) is 0 Å². The second kappa shape index (κ2) is 9.10. The van der Waals surface area contributed by atoms with Crippen LogP contribution in [0.2, 0.25) is 10.0 Å². The molecule has 2 saturated heterocycles. The number of nitrogens with zero attached hydrogens (tertiary/aromatic N) is 3. The molecule has 0 aliphatic carbocycles. The average Bonchev–Trinajstić information content (AvgIpc) is 2.98. The van der Waals surface area contributed by atoms with Gasteiger partial charge in [-0.3, -0.25) is 19.4 Å². The highest BCUT2D eigenvalue weighted by Crippen LogP contribution is 2.29. The van der Waals surface area contributed by atoms with E-state index in [9.17, 15) is 14.4 Å². The van der Waals surface area contributed by atoms with Crippen molar-refractivity contribution in [2.75, 3.05) is 32.7 Å². The molecule has 0 bridgehead atoms. The van der Waals surface area contributed by atoms with Gasteiger partial charge in [0.25, 0.3) is 5.91 Å². The van der Waals surface area contributed by atoms with Gasteiger partial charge in [-0.2, -0.15) is 0 Å². The highest BCUT2D eigenvalue weighted by molar-refractivity contribution is 6.30. The van der Waals surface area contributed by atoms with Crippen LogP contribution in [0.15, 0.2) is 48.5 Å². The van der Waals surface area contributed by atoms with Crippen LogP contribution in [0.25, 0.3) is 0 Å². The van der Waals surface area contributed by atoms with E-state index in [2.05, 4.69) is 10.2 Å². The molecule has 2 heterocycles. The van der Waals surface area contributed by atoms with E-state index in [1.165, 1.54) is 0 Å². The minimum absolute atomic E-state index is 0.240. The van der Waals surface area contributed by atoms with Crippen molar-refractivity contribution >= 4 is 41.0 Å². The zero-order valence-electron chi connectivity index (χ0n) is 17.7. The zero-order valence-corrected chi connectivity index (χ0v) is 19.2. The number of hydrogen-bond acceptors (Lipinski definition) is 4. The second-order valence-electron chi connectivity index (χ2n) is 8.24. The van der Waals surface area contributed by atoms with Crippen LogP contribution >= 0.6 is 23.2 Å². The minimum Gasteiger partial charge on any atom is -0.339 e. The molecule has 0 radical (unpaired) electrons. The van der Waals surface area contributed by atoms with E-state index < -0.39 is 17.5 Å². The standard InChI is InChI=1S/C23H24Cl2N4O3/c1-23(17-5-7-18(24)8-6-17)21(31)29(22(32)26-23)15-20(30)28-11-9-27(10-12-28)14-16-3-2-4-19(25)13-16/h2-8,13H,9-12,14-15H2,1H3,(H,26,32). The molecule has 2 aromatic carbocycles. The van der Waals surface area contributed by atoms with Crippen LogP contribution < -0.4 is 5.32 Å². The number of imide groups is 1. The van der Waals surface area contributed by atoms with Gasteiger partial charge in [-0.05, 0) is 42.3 Å². The van der Waals surface area contributed by atoms with E-state index in [-0.39, 0.29) is 12.5 Å². The molecule has 1 N–H and O–H groups in total. The summed E-state index contributed by atoms with van der Waals surface area (Å²) in [5.41, 5.74) is 0.514. The highest BCUT2D eigenvalue weighted by atomic mass is 35.5. The van der Waals surface area contributed by atoms with Crippen molar-refractivity contribution in [3.05, 3.63) is 69.7 Å². The molecule has 1 unspecified atom stereocenters. The summed E-state index contributed by atoms with van der Waals surface area (Å²) in [6.45, 7) is 4.61. The lowest BCUT2D eigenvalue weighted by atomic mass is 9.92. The Balaban J connectivity index is 1.34. The Kier molecular flexibility index (Phi) is 6.42. The van der Waals surface area contributed by atoms with Crippen molar-refractivity contribution in [3.63, 3.8) is 0 Å². The molecular weight excluding hydrogens is 451 g/mol. The molecule has 7 nitrogen and oxygen atoms in total. The Morgan fingerprint density at radius 3 is 2.34 bits per heavy atom. The normalized spacial score (nSPS) is 21.7. The number of piperazine rings is 1. The number of nitrogens with one attached hydrogen (secondary N) is 1. The number of halogens is 2. The SMILES string of the molecule is CC1(c2ccc(Cl)cc2)NC(=O)N(CC(=O)N2CCN(Cc3cccc(Cl)c3)CC2)C1=O. The van der Waals surface area contributed by atoms with Gasteiger partial charge in [0.15, 0.2) is 0 Å². The second-order valence-corrected chi connectivity index (χ2v) is 9.11. The number of urea groups is 1. The number of amides is 4. The van der Waals surface area contributed by atoms with E-state index in [0.29, 0.717) is 41.8 Å². The van der Waals surface area contributed by atoms with Crippen LogP contribution in [-0.4, -0.2) is 65.3 Å². The van der Waals surface area contributed by atoms with E-state index in [1.807, 2.05) is 24.3 Å². The van der Waals surface area contributed by atoms with Gasteiger partial charge in [0.05, 0.1) is 0 Å². The predicted molar refractivity (Wildman–Crippen MR) is 122 cm³/mol. The molecule has 0 spiro atoms. The van der Waals surface area contributed by atoms with Gasteiger partial charge in [0.1, 0.15) is 12.1 Å². The largest absolute Gasteiger partial charge is 0.339 e. The first kappa shape index (κ1) is 22.6. The molecule has 0 saturated carbocycles. The third-order valence-electron chi connectivity index (χ3n) is 6.01. The number of rotatable bonds is 5. The molecule has 168 valence electrons. The Labute approximate surface area is 196 Å². The fourth-order valence-corrected chi connectivity index (χ4v) is 4.44. The van der Waals surface area contributed by atoms with Crippen LogP contribution in [0.5, 0.6) is 0 Å². The van der Waals surface area contributed by atoms with Gasteiger partial charge in [-0.1, -0.05) is 47.5 Å². The molecule has 9 heteroatoms. The zero-order chi connectivity index (χ0) is 22.9. The Morgan fingerprint density at radius 2 is 1.69 bits per heavy atom. The Bertz CT molecular complexity index is 1040. The van der Waals surface area contributed by atoms with Crippen molar-refractivity contribution in [1.82, 2.24) is 20.0 Å². The molecule has 2 aliphatic rings. The maximum atomic E-state index is 13.0. The van der Waals surface area contributed by atoms with Gasteiger partial charge in [-0.25, -0.2) is 4.79 Å². The van der Waals surface area contributed by atoms with E-state index in [0.717, 1.165) is 17.0 Å². The smallest absolute Gasteiger partial charge is 0.325 e. The maximum Gasteiger partial charge on any atom is 0.325 e. The van der Waals surface area contributed by atoms with Gasteiger partial charge in [0.2, 0.25) is 5.91 Å². The number of hydrogen-bond donors (Lipinski definition) is 1. The average molecular weight is 475 g/mol. The molecule has 32 heavy (non-hydrogen) atoms. The van der Waals surface area contributed by atoms with Crippen molar-refractivity contribution < 1.29 is 14.4 Å². The first-order valence-corrected chi connectivity index (χ1v) is 11.2.